The van der Waals surface area contributed by atoms with Crippen LogP contribution in [0.4, 0.5) is 0 Å². The Morgan fingerprint density at radius 2 is 0.525 bits per heavy atom. The lowest BCUT2D eigenvalue weighted by molar-refractivity contribution is -0.159. The second-order valence-corrected chi connectivity index (χ2v) is 33.8. The van der Waals surface area contributed by atoms with Gasteiger partial charge >= 0.3 is 35.0 Å². The highest BCUT2D eigenvalue weighted by atomic mass is 32.1. The first-order valence-corrected chi connectivity index (χ1v) is 36.4. The van der Waals surface area contributed by atoms with E-state index in [9.17, 15) is 15.3 Å². The van der Waals surface area contributed by atoms with Crippen molar-refractivity contribution in [2.75, 3.05) is 39.6 Å². The average molecular weight is 1430 g/mol. The molecule has 0 radical (unpaired) electrons. The van der Waals surface area contributed by atoms with Gasteiger partial charge in [-0.1, -0.05) is 203 Å². The van der Waals surface area contributed by atoms with Crippen molar-refractivity contribution >= 4 is 69.7 Å². The fraction of sp³-hybridized carbons (Fsp3) is 0.654. The van der Waals surface area contributed by atoms with E-state index in [1.807, 2.05) is 161 Å². The third-order valence-corrected chi connectivity index (χ3v) is 19.7. The molecule has 4 rings (SSSR count). The number of hydrogen-bond acceptors (Lipinski definition) is 18. The van der Waals surface area contributed by atoms with Gasteiger partial charge in [-0.3, -0.25) is 0 Å². The molecular weight excluding hydrogens is 1320 g/mol. The summed E-state index contributed by atoms with van der Waals surface area (Å²) >= 11 is 16.8. The number of benzene rings is 3. The van der Waals surface area contributed by atoms with Crippen molar-refractivity contribution in [3.63, 3.8) is 0 Å². The number of carbonyl (C=O) groups excluding carboxylic acids is 3. The first-order chi connectivity index (χ1) is 45.6. The van der Waals surface area contributed by atoms with Gasteiger partial charge in [0.05, 0.1) is 19.8 Å². The van der Waals surface area contributed by atoms with Crippen molar-refractivity contribution in [2.45, 2.75) is 292 Å². The van der Waals surface area contributed by atoms with Crippen molar-refractivity contribution in [1.82, 2.24) is 13.7 Å². The molecule has 0 saturated heterocycles. The van der Waals surface area contributed by atoms with Gasteiger partial charge in [0.25, 0.3) is 0 Å². The number of esters is 3. The van der Waals surface area contributed by atoms with Crippen LogP contribution in [-0.2, 0) is 111 Å². The zero-order valence-corrected chi connectivity index (χ0v) is 66.4. The van der Waals surface area contributed by atoms with Crippen molar-refractivity contribution in [2.24, 2.45) is 0 Å². The van der Waals surface area contributed by atoms with Crippen LogP contribution in [0.15, 0.2) is 50.8 Å². The molecule has 0 aliphatic carbocycles. The van der Waals surface area contributed by atoms with Crippen LogP contribution < -0.4 is 17.1 Å². The number of rotatable bonds is 30. The van der Waals surface area contributed by atoms with Gasteiger partial charge in [0.2, 0.25) is 0 Å². The molecule has 0 spiro atoms. The van der Waals surface area contributed by atoms with Gasteiger partial charge in [-0.15, -0.1) is 0 Å². The van der Waals surface area contributed by atoms with Gasteiger partial charge in [0.1, 0.15) is 37.1 Å². The molecule has 4 aromatic rings. The minimum atomic E-state index is -2.52. The standard InChI is InChI=1S/C78H117N3O15S3/c1-25-58(97)94-46-76(28-4,64(85)91-37-31-34-49-40-52(70(7,8)9)61(82)53(41-49)71(10,11)12)79-67(88)80(77(29-5,47-95-59(98)26-2)65(86)92-38-32-35-50-42-54(72(13,14)15)62(83)55(43-50)73(16,17)18)69(90)81(68(79)89)78(30-6,48-96-60(99)27-3)66(87)93-39-33-36-51-44-56(74(19,20)21)63(84)57(45-51)75(22,23)24/h40-45,82-84H,25-39,46-48H2,1-24H3. The first-order valence-electron chi connectivity index (χ1n) is 35.2. The Morgan fingerprint density at radius 1 is 0.343 bits per heavy atom. The van der Waals surface area contributed by atoms with E-state index in [2.05, 4.69) is 0 Å². The number of nitrogens with zero attached hydrogens (tertiary/aromatic N) is 3. The number of aromatic nitrogens is 3. The van der Waals surface area contributed by atoms with E-state index in [-0.39, 0.29) is 90.7 Å². The fourth-order valence-electron chi connectivity index (χ4n) is 12.1. The number of phenolic OH excluding ortho intramolecular Hbond substituents is 3. The normalized spacial score (nSPS) is 14.3. The molecule has 1 heterocycles. The predicted molar refractivity (Wildman–Crippen MR) is 405 cm³/mol. The summed E-state index contributed by atoms with van der Waals surface area (Å²) in [6, 6.07) is 11.6. The summed E-state index contributed by atoms with van der Waals surface area (Å²) in [4.78, 5) is 96.6. The number of aryl methyl sites for hydroxylation is 3. The molecule has 0 amide bonds. The Hall–Kier alpha value is -6.45. The number of hydrogen-bond donors (Lipinski definition) is 3. The minimum Gasteiger partial charge on any atom is -0.507 e. The fourth-order valence-corrected chi connectivity index (χ4v) is 12.3. The van der Waals surface area contributed by atoms with Crippen molar-refractivity contribution in [3.8, 4) is 17.2 Å². The maximum atomic E-state index is 16.5. The average Bonchev–Trinajstić information content (AvgIpc) is 0.709. The van der Waals surface area contributed by atoms with Gasteiger partial charge in [-0.25, -0.2) is 42.5 Å². The maximum absolute atomic E-state index is 16.5. The van der Waals surface area contributed by atoms with Crippen LogP contribution in [0.1, 0.15) is 274 Å². The van der Waals surface area contributed by atoms with E-state index in [0.717, 1.165) is 50.1 Å². The molecule has 552 valence electrons. The third-order valence-electron chi connectivity index (χ3n) is 18.5. The Bertz CT molecular complexity index is 3240. The topological polar surface area (TPSA) is 233 Å². The largest absolute Gasteiger partial charge is 0.507 e. The molecule has 0 aliphatic heterocycles. The van der Waals surface area contributed by atoms with Crippen LogP contribution in [0.3, 0.4) is 0 Å². The lowest BCUT2D eigenvalue weighted by Gasteiger charge is -2.38. The molecule has 0 bridgehead atoms. The molecule has 3 unspecified atom stereocenters. The quantitative estimate of drug-likeness (QED) is 0.0191. The highest BCUT2D eigenvalue weighted by Gasteiger charge is 2.54. The lowest BCUT2D eigenvalue weighted by atomic mass is 9.78. The van der Waals surface area contributed by atoms with Crippen LogP contribution in [0.25, 0.3) is 0 Å². The second kappa shape index (κ2) is 33.6. The Kier molecular flexibility index (Phi) is 28.8. The summed E-state index contributed by atoms with van der Waals surface area (Å²) in [6.07, 6.45) is 0.957. The zero-order valence-electron chi connectivity index (χ0n) is 64.0. The van der Waals surface area contributed by atoms with Gasteiger partial charge in [0, 0.05) is 19.3 Å². The summed E-state index contributed by atoms with van der Waals surface area (Å²) < 4.78 is 38.6. The Morgan fingerprint density at radius 3 is 0.677 bits per heavy atom. The third kappa shape index (κ3) is 20.0. The molecular formula is C78H117N3O15S3. The second-order valence-electron chi connectivity index (χ2n) is 32.4. The van der Waals surface area contributed by atoms with E-state index >= 15 is 28.8 Å². The summed E-state index contributed by atoms with van der Waals surface area (Å²) in [6.45, 7) is 42.6. The number of thiocarbonyl (C=S) groups is 3. The van der Waals surface area contributed by atoms with E-state index in [1.165, 1.54) is 20.8 Å². The highest BCUT2D eigenvalue weighted by molar-refractivity contribution is 7.80. The summed E-state index contributed by atoms with van der Waals surface area (Å²) in [5, 5.41) is 34.6. The molecule has 3 N–H and O–H groups in total. The van der Waals surface area contributed by atoms with Crippen molar-refractivity contribution < 1.29 is 58.1 Å². The van der Waals surface area contributed by atoms with E-state index in [1.54, 1.807) is 20.8 Å². The monoisotopic (exact) mass is 1430 g/mol. The van der Waals surface area contributed by atoms with E-state index in [4.69, 9.17) is 65.1 Å². The van der Waals surface area contributed by atoms with Crippen LogP contribution in [0.2, 0.25) is 0 Å². The molecule has 18 nitrogen and oxygen atoms in total. The van der Waals surface area contributed by atoms with Crippen LogP contribution in [0, 0.1) is 0 Å². The molecule has 3 atom stereocenters. The SMILES string of the molecule is CCC(=S)OCC(CC)(C(=O)OCCCc1cc(C(C)(C)C)c(O)c(C(C)(C)C)c1)n1c(=O)n(C(CC)(COC(=S)CC)C(=O)OCCCc2cc(C(C)(C)C)c(O)c(C(C)(C)C)c2)c(=O)n(C(CC)(COC(=S)CC)C(=O)OCCCc2cc(C(C)(C)C)c(O)c(C(C)(C)C)c2)c1=O. The van der Waals surface area contributed by atoms with Crippen LogP contribution in [-0.4, -0.2) is 102 Å². The highest BCUT2D eigenvalue weighted by Crippen LogP contribution is 2.43. The first kappa shape index (κ1) is 85.0. The summed E-state index contributed by atoms with van der Waals surface area (Å²) in [7, 11) is 0. The number of ether oxygens (including phenoxy) is 6. The van der Waals surface area contributed by atoms with Crippen LogP contribution >= 0.6 is 36.7 Å². The molecule has 0 aliphatic rings. The molecule has 3 aromatic carbocycles. The molecule has 21 heteroatoms. The van der Waals surface area contributed by atoms with Gasteiger partial charge < -0.3 is 43.7 Å². The predicted octanol–water partition coefficient (Wildman–Crippen LogP) is 15.2. The molecule has 0 fully saturated rings. The number of aromatic hydroxyl groups is 3. The molecule has 1 aromatic heterocycles. The van der Waals surface area contributed by atoms with E-state index in [0.29, 0.717) is 33.0 Å². The van der Waals surface area contributed by atoms with Crippen molar-refractivity contribution in [1.29, 1.82) is 0 Å². The summed E-state index contributed by atoms with van der Waals surface area (Å²) in [5.74, 6) is -2.83. The van der Waals surface area contributed by atoms with Gasteiger partial charge in [0.15, 0.2) is 31.8 Å². The molecule has 99 heavy (non-hydrogen) atoms. The van der Waals surface area contributed by atoms with Gasteiger partial charge in [-0.05, 0) is 177 Å². The summed E-state index contributed by atoms with van der Waals surface area (Å²) in [5.41, 5.74) is -7.63. The zero-order chi connectivity index (χ0) is 75.6. The van der Waals surface area contributed by atoms with Gasteiger partial charge in [-0.2, -0.15) is 0 Å². The smallest absolute Gasteiger partial charge is 0.338 e. The van der Waals surface area contributed by atoms with E-state index < -0.39 is 123 Å². The maximum Gasteiger partial charge on any atom is 0.338 e. The minimum absolute atomic E-state index is 0.00648. The number of carbonyl (C=O) groups is 3. The van der Waals surface area contributed by atoms with Crippen LogP contribution in [0.5, 0.6) is 17.2 Å². The Labute approximate surface area is 605 Å². The van der Waals surface area contributed by atoms with Crippen molar-refractivity contribution in [3.05, 3.63) is 118 Å². The Balaban J connectivity index is 2.14. The molecule has 0 saturated carbocycles. The lowest BCUT2D eigenvalue weighted by Crippen LogP contribution is -2.72. The number of phenols is 3.